The van der Waals surface area contributed by atoms with Gasteiger partial charge in [0.15, 0.2) is 0 Å². The number of nitrogens with one attached hydrogen (secondary N) is 1. The van der Waals surface area contributed by atoms with Crippen LogP contribution in [0.1, 0.15) is 23.6 Å². The van der Waals surface area contributed by atoms with E-state index in [0.29, 0.717) is 0 Å². The lowest BCUT2D eigenvalue weighted by Crippen LogP contribution is -2.33. The molecule has 0 saturated carbocycles. The average Bonchev–Trinajstić information content (AvgIpc) is 2.86. The summed E-state index contributed by atoms with van der Waals surface area (Å²) in [6.07, 6.45) is 1.12. The van der Waals surface area contributed by atoms with Crippen LogP contribution in [0, 0.1) is 0 Å². The molecule has 3 rings (SSSR count). The zero-order valence-electron chi connectivity index (χ0n) is 13.8. The van der Waals surface area contributed by atoms with Crippen molar-refractivity contribution >= 4 is 23.2 Å². The van der Waals surface area contributed by atoms with Gasteiger partial charge in [0.1, 0.15) is 5.75 Å². The molecular formula is C19H22Cl2N2O. The Bertz CT molecular complexity index is 668. The highest BCUT2D eigenvalue weighted by molar-refractivity contribution is 6.31. The van der Waals surface area contributed by atoms with Gasteiger partial charge in [0, 0.05) is 35.2 Å². The minimum absolute atomic E-state index is 0.0933. The molecule has 0 radical (unpaired) electrons. The summed E-state index contributed by atoms with van der Waals surface area (Å²) in [7, 11) is 1.70. The molecule has 5 heteroatoms. The van der Waals surface area contributed by atoms with Gasteiger partial charge in [-0.1, -0.05) is 35.3 Å². The molecule has 3 nitrogen and oxygen atoms in total. The highest BCUT2D eigenvalue weighted by Crippen LogP contribution is 2.37. The van der Waals surface area contributed by atoms with Crippen LogP contribution in [0.5, 0.6) is 5.75 Å². The van der Waals surface area contributed by atoms with E-state index in [9.17, 15) is 0 Å². The van der Waals surface area contributed by atoms with Crippen molar-refractivity contribution in [1.29, 1.82) is 0 Å². The van der Waals surface area contributed by atoms with Crippen LogP contribution in [0.15, 0.2) is 42.5 Å². The lowest BCUT2D eigenvalue weighted by molar-refractivity contribution is 0.236. The van der Waals surface area contributed by atoms with Gasteiger partial charge in [-0.25, -0.2) is 0 Å². The number of methoxy groups -OCH3 is 1. The second-order valence-corrected chi connectivity index (χ2v) is 6.85. The number of ether oxygens (including phenoxy) is 1. The van der Waals surface area contributed by atoms with Gasteiger partial charge in [0.2, 0.25) is 0 Å². The van der Waals surface area contributed by atoms with Crippen LogP contribution in [0.2, 0.25) is 10.0 Å². The van der Waals surface area contributed by atoms with E-state index in [0.717, 1.165) is 54.0 Å². The molecule has 1 saturated heterocycles. The van der Waals surface area contributed by atoms with Crippen LogP contribution in [0.4, 0.5) is 0 Å². The number of nitrogens with zero attached hydrogens (tertiary/aromatic N) is 1. The fraction of sp³-hybridized carbons (Fsp3) is 0.368. The molecule has 1 aliphatic rings. The molecule has 1 atom stereocenters. The van der Waals surface area contributed by atoms with E-state index in [4.69, 9.17) is 27.9 Å². The van der Waals surface area contributed by atoms with Crippen molar-refractivity contribution < 1.29 is 4.74 Å². The normalized spacial score (nSPS) is 17.3. The molecule has 2 aromatic carbocycles. The fourth-order valence-electron chi connectivity index (χ4n) is 3.28. The third kappa shape index (κ3) is 4.04. The third-order valence-corrected chi connectivity index (χ3v) is 4.90. The Morgan fingerprint density at radius 3 is 2.50 bits per heavy atom. The topological polar surface area (TPSA) is 24.5 Å². The van der Waals surface area contributed by atoms with E-state index in [1.807, 2.05) is 30.3 Å². The standard InChI is InChI=1S/C19H22Cl2N2O/c1-24-18-8-7-16(21)13-17(18)19(14-3-5-15(20)6-4-14)23-11-2-9-22-10-12-23/h3-8,13,19,22H,2,9-12H2,1H3. The van der Waals surface area contributed by atoms with Crippen molar-refractivity contribution in [3.63, 3.8) is 0 Å². The molecular weight excluding hydrogens is 343 g/mol. The summed E-state index contributed by atoms with van der Waals surface area (Å²) in [5.41, 5.74) is 2.29. The van der Waals surface area contributed by atoms with Crippen LogP contribution in [-0.2, 0) is 0 Å². The van der Waals surface area contributed by atoms with Crippen molar-refractivity contribution in [2.45, 2.75) is 12.5 Å². The summed E-state index contributed by atoms with van der Waals surface area (Å²) in [4.78, 5) is 2.48. The Labute approximate surface area is 153 Å². The molecule has 0 spiro atoms. The van der Waals surface area contributed by atoms with Crippen molar-refractivity contribution in [2.24, 2.45) is 0 Å². The fourth-order valence-corrected chi connectivity index (χ4v) is 3.58. The molecule has 0 aromatic heterocycles. The highest BCUT2D eigenvalue weighted by Gasteiger charge is 2.26. The Hall–Kier alpha value is -1.26. The third-order valence-electron chi connectivity index (χ3n) is 4.41. The Kier molecular flexibility index (Phi) is 6.01. The van der Waals surface area contributed by atoms with Gasteiger partial charge >= 0.3 is 0 Å². The van der Waals surface area contributed by atoms with E-state index in [2.05, 4.69) is 22.3 Å². The summed E-state index contributed by atoms with van der Waals surface area (Å²) in [6, 6.07) is 14.0. The van der Waals surface area contributed by atoms with Crippen LogP contribution >= 0.6 is 23.2 Å². The number of hydrogen-bond donors (Lipinski definition) is 1. The monoisotopic (exact) mass is 364 g/mol. The second-order valence-electron chi connectivity index (χ2n) is 5.98. The predicted octanol–water partition coefficient (Wildman–Crippen LogP) is 4.39. The van der Waals surface area contributed by atoms with Crippen molar-refractivity contribution in [2.75, 3.05) is 33.3 Å². The molecule has 1 unspecified atom stereocenters. The molecule has 0 bridgehead atoms. The Morgan fingerprint density at radius 1 is 1.00 bits per heavy atom. The van der Waals surface area contributed by atoms with Gasteiger partial charge in [-0.2, -0.15) is 0 Å². The van der Waals surface area contributed by atoms with Gasteiger partial charge < -0.3 is 10.1 Å². The lowest BCUT2D eigenvalue weighted by atomic mass is 9.96. The molecule has 128 valence electrons. The average molecular weight is 365 g/mol. The van der Waals surface area contributed by atoms with E-state index in [1.165, 1.54) is 5.56 Å². The Morgan fingerprint density at radius 2 is 1.75 bits per heavy atom. The minimum atomic E-state index is 0.0933. The van der Waals surface area contributed by atoms with Gasteiger partial charge in [-0.05, 0) is 48.9 Å². The molecule has 1 N–H and O–H groups in total. The SMILES string of the molecule is COc1ccc(Cl)cc1C(c1ccc(Cl)cc1)N1CCCNCC1. The quantitative estimate of drug-likeness (QED) is 0.870. The maximum atomic E-state index is 6.29. The van der Waals surface area contributed by atoms with Crippen molar-refractivity contribution in [3.8, 4) is 5.75 Å². The second kappa shape index (κ2) is 8.21. The molecule has 0 amide bonds. The first-order valence-electron chi connectivity index (χ1n) is 8.22. The van der Waals surface area contributed by atoms with Crippen LogP contribution in [0.25, 0.3) is 0 Å². The summed E-state index contributed by atoms with van der Waals surface area (Å²) < 4.78 is 5.62. The van der Waals surface area contributed by atoms with E-state index >= 15 is 0 Å². The molecule has 0 aliphatic carbocycles. The zero-order chi connectivity index (χ0) is 16.9. The van der Waals surface area contributed by atoms with E-state index in [1.54, 1.807) is 7.11 Å². The van der Waals surface area contributed by atoms with Crippen LogP contribution in [0.3, 0.4) is 0 Å². The maximum absolute atomic E-state index is 6.29. The largest absolute Gasteiger partial charge is 0.496 e. The smallest absolute Gasteiger partial charge is 0.124 e. The van der Waals surface area contributed by atoms with Gasteiger partial charge in [0.05, 0.1) is 13.2 Å². The first kappa shape index (κ1) is 17.6. The summed E-state index contributed by atoms with van der Waals surface area (Å²) >= 11 is 12.4. The first-order valence-corrected chi connectivity index (χ1v) is 8.98. The van der Waals surface area contributed by atoms with E-state index < -0.39 is 0 Å². The van der Waals surface area contributed by atoms with Crippen LogP contribution in [-0.4, -0.2) is 38.2 Å². The first-order chi connectivity index (χ1) is 11.7. The highest BCUT2D eigenvalue weighted by atomic mass is 35.5. The molecule has 1 heterocycles. The van der Waals surface area contributed by atoms with E-state index in [-0.39, 0.29) is 6.04 Å². The zero-order valence-corrected chi connectivity index (χ0v) is 15.3. The van der Waals surface area contributed by atoms with Crippen molar-refractivity contribution in [1.82, 2.24) is 10.2 Å². The Balaban J connectivity index is 2.07. The molecule has 1 fully saturated rings. The number of benzene rings is 2. The van der Waals surface area contributed by atoms with Crippen molar-refractivity contribution in [3.05, 3.63) is 63.6 Å². The summed E-state index contributed by atoms with van der Waals surface area (Å²) in [6.45, 7) is 4.03. The predicted molar refractivity (Wildman–Crippen MR) is 100 cm³/mol. The minimum Gasteiger partial charge on any atom is -0.496 e. The maximum Gasteiger partial charge on any atom is 0.124 e. The number of halogens is 2. The van der Waals surface area contributed by atoms with Gasteiger partial charge in [-0.15, -0.1) is 0 Å². The summed E-state index contributed by atoms with van der Waals surface area (Å²) in [5, 5.41) is 4.93. The molecule has 1 aliphatic heterocycles. The van der Waals surface area contributed by atoms with Gasteiger partial charge in [0.25, 0.3) is 0 Å². The molecule has 2 aromatic rings. The molecule has 24 heavy (non-hydrogen) atoms. The number of rotatable bonds is 4. The van der Waals surface area contributed by atoms with Gasteiger partial charge in [-0.3, -0.25) is 4.90 Å². The number of hydrogen-bond acceptors (Lipinski definition) is 3. The lowest BCUT2D eigenvalue weighted by Gasteiger charge is -2.32. The van der Waals surface area contributed by atoms with Crippen LogP contribution < -0.4 is 10.1 Å². The summed E-state index contributed by atoms with van der Waals surface area (Å²) in [5.74, 6) is 0.858.